The summed E-state index contributed by atoms with van der Waals surface area (Å²) in [5, 5.41) is 4.41. The Morgan fingerprint density at radius 3 is 2.39 bits per heavy atom. The minimum Gasteiger partial charge on any atom is -0.497 e. The summed E-state index contributed by atoms with van der Waals surface area (Å²) in [5.41, 5.74) is 2.70. The fourth-order valence-corrected chi connectivity index (χ4v) is 3.93. The molecule has 0 unspecified atom stereocenters. The number of ether oxygens (including phenoxy) is 1. The van der Waals surface area contributed by atoms with Crippen molar-refractivity contribution < 1.29 is 9.53 Å². The Morgan fingerprint density at radius 1 is 0.935 bits per heavy atom. The molecule has 4 aromatic rings. The van der Waals surface area contributed by atoms with E-state index in [9.17, 15) is 4.79 Å². The van der Waals surface area contributed by atoms with Crippen LogP contribution in [-0.4, -0.2) is 63.7 Å². The molecular formula is C23H22N6O2. The maximum absolute atomic E-state index is 12.8. The molecule has 0 N–H and O–H groups in total. The quantitative estimate of drug-likeness (QED) is 0.511. The van der Waals surface area contributed by atoms with E-state index in [0.29, 0.717) is 32.0 Å². The summed E-state index contributed by atoms with van der Waals surface area (Å²) >= 11 is 0. The number of carbonyl (C=O) groups is 1. The average Bonchev–Trinajstić information content (AvgIpc) is 3.33. The van der Waals surface area contributed by atoms with E-state index in [4.69, 9.17) is 4.74 Å². The van der Waals surface area contributed by atoms with E-state index in [2.05, 4.69) is 20.0 Å². The van der Waals surface area contributed by atoms with Gasteiger partial charge in [-0.25, -0.2) is 4.98 Å². The van der Waals surface area contributed by atoms with E-state index < -0.39 is 0 Å². The lowest BCUT2D eigenvalue weighted by Gasteiger charge is -2.36. The van der Waals surface area contributed by atoms with Gasteiger partial charge in [0.25, 0.3) is 11.7 Å². The number of anilines is 1. The number of rotatable bonds is 4. The third-order valence-electron chi connectivity index (χ3n) is 5.57. The zero-order chi connectivity index (χ0) is 21.2. The van der Waals surface area contributed by atoms with Crippen molar-refractivity contribution in [3.05, 3.63) is 72.7 Å². The number of nitrogens with zero attached hydrogens (tertiary/aromatic N) is 6. The molecule has 1 saturated heterocycles. The first-order valence-electron chi connectivity index (χ1n) is 10.2. The molecule has 1 aliphatic heterocycles. The summed E-state index contributed by atoms with van der Waals surface area (Å²) in [6.07, 6.45) is 3.35. The van der Waals surface area contributed by atoms with Crippen molar-refractivity contribution in [1.29, 1.82) is 0 Å². The molecule has 0 bridgehead atoms. The molecule has 2 aromatic heterocycles. The molecule has 31 heavy (non-hydrogen) atoms. The van der Waals surface area contributed by atoms with Crippen LogP contribution in [-0.2, 0) is 0 Å². The lowest BCUT2D eigenvalue weighted by molar-refractivity contribution is 0.0746. The number of methoxy groups -OCH3 is 1. The highest BCUT2D eigenvalue weighted by Crippen LogP contribution is 2.32. The van der Waals surface area contributed by atoms with E-state index in [0.717, 1.165) is 28.3 Å². The molecule has 8 heteroatoms. The fourth-order valence-electron chi connectivity index (χ4n) is 3.93. The number of aromatic nitrogens is 4. The third kappa shape index (κ3) is 3.56. The van der Waals surface area contributed by atoms with Gasteiger partial charge < -0.3 is 14.5 Å². The Morgan fingerprint density at radius 2 is 1.68 bits per heavy atom. The van der Waals surface area contributed by atoms with Crippen LogP contribution in [0.2, 0.25) is 0 Å². The molecular weight excluding hydrogens is 392 g/mol. The number of hydrogen-bond acceptors (Lipinski definition) is 6. The van der Waals surface area contributed by atoms with E-state index in [1.54, 1.807) is 11.6 Å². The van der Waals surface area contributed by atoms with Crippen LogP contribution in [0.3, 0.4) is 0 Å². The molecule has 0 radical (unpaired) electrons. The van der Waals surface area contributed by atoms with E-state index in [-0.39, 0.29) is 5.91 Å². The SMILES string of the molecule is COc1ccc(-c2cnc3ncnn3c2N2CCN(C(=O)c3ccccc3)CC2)cc1. The van der Waals surface area contributed by atoms with Crippen LogP contribution in [0.4, 0.5) is 5.82 Å². The molecule has 156 valence electrons. The van der Waals surface area contributed by atoms with Gasteiger partial charge in [0.05, 0.1) is 7.11 Å². The van der Waals surface area contributed by atoms with Gasteiger partial charge in [-0.3, -0.25) is 4.79 Å². The minimum absolute atomic E-state index is 0.0660. The Kier molecular flexibility index (Phi) is 4.95. The van der Waals surface area contributed by atoms with Gasteiger partial charge in [-0.05, 0) is 29.8 Å². The molecule has 0 aliphatic carbocycles. The molecule has 1 aliphatic rings. The number of piperazine rings is 1. The number of benzene rings is 2. The van der Waals surface area contributed by atoms with Gasteiger partial charge in [0.2, 0.25) is 0 Å². The number of fused-ring (bicyclic) bond motifs is 1. The molecule has 1 amide bonds. The lowest BCUT2D eigenvalue weighted by atomic mass is 10.1. The monoisotopic (exact) mass is 414 g/mol. The highest BCUT2D eigenvalue weighted by molar-refractivity contribution is 5.94. The Hall–Kier alpha value is -3.94. The normalized spacial score (nSPS) is 14.1. The Balaban J connectivity index is 1.45. The van der Waals surface area contributed by atoms with Gasteiger partial charge in [-0.15, -0.1) is 0 Å². The summed E-state index contributed by atoms with van der Waals surface area (Å²) < 4.78 is 7.06. The van der Waals surface area contributed by atoms with Crippen LogP contribution >= 0.6 is 0 Å². The van der Waals surface area contributed by atoms with Crippen molar-refractivity contribution in [2.75, 3.05) is 38.2 Å². The molecule has 0 spiro atoms. The topological polar surface area (TPSA) is 75.9 Å². The van der Waals surface area contributed by atoms with Crippen LogP contribution in [0.1, 0.15) is 10.4 Å². The van der Waals surface area contributed by atoms with E-state index in [1.165, 1.54) is 6.33 Å². The van der Waals surface area contributed by atoms with Crippen molar-refractivity contribution >= 4 is 17.5 Å². The molecule has 1 fully saturated rings. The van der Waals surface area contributed by atoms with Gasteiger partial charge in [0, 0.05) is 43.5 Å². The van der Waals surface area contributed by atoms with E-state index in [1.807, 2.05) is 65.7 Å². The zero-order valence-corrected chi connectivity index (χ0v) is 17.2. The van der Waals surface area contributed by atoms with Crippen LogP contribution < -0.4 is 9.64 Å². The van der Waals surface area contributed by atoms with Crippen molar-refractivity contribution in [2.45, 2.75) is 0 Å². The Labute approximate surface area is 179 Å². The van der Waals surface area contributed by atoms with Crippen molar-refractivity contribution in [1.82, 2.24) is 24.5 Å². The summed E-state index contributed by atoms with van der Waals surface area (Å²) in [7, 11) is 1.65. The fraction of sp³-hybridized carbons (Fsp3) is 0.217. The van der Waals surface area contributed by atoms with E-state index >= 15 is 0 Å². The Bertz CT molecular complexity index is 1200. The van der Waals surface area contributed by atoms with Gasteiger partial charge >= 0.3 is 0 Å². The number of hydrogen-bond donors (Lipinski definition) is 0. The summed E-state index contributed by atoms with van der Waals surface area (Å²) in [4.78, 5) is 25.7. The predicted molar refractivity (Wildman–Crippen MR) is 117 cm³/mol. The standard InChI is InChI=1S/C23H22N6O2/c1-31-19-9-7-17(8-10-19)20-15-24-23-25-16-26-29(23)21(20)27-11-13-28(14-12-27)22(30)18-5-3-2-4-6-18/h2-10,15-16H,11-14H2,1H3. The molecule has 3 heterocycles. The summed E-state index contributed by atoms with van der Waals surface area (Å²) in [6.45, 7) is 2.66. The zero-order valence-electron chi connectivity index (χ0n) is 17.2. The van der Waals surface area contributed by atoms with Gasteiger partial charge in [0.15, 0.2) is 0 Å². The second-order valence-corrected chi connectivity index (χ2v) is 7.34. The molecule has 5 rings (SSSR count). The summed E-state index contributed by atoms with van der Waals surface area (Å²) in [6, 6.07) is 17.3. The van der Waals surface area contributed by atoms with Crippen LogP contribution in [0, 0.1) is 0 Å². The highest BCUT2D eigenvalue weighted by atomic mass is 16.5. The number of amides is 1. The smallest absolute Gasteiger partial charge is 0.254 e. The first-order valence-corrected chi connectivity index (χ1v) is 10.2. The minimum atomic E-state index is 0.0660. The lowest BCUT2D eigenvalue weighted by Crippen LogP contribution is -2.49. The van der Waals surface area contributed by atoms with Crippen LogP contribution in [0.25, 0.3) is 16.9 Å². The van der Waals surface area contributed by atoms with Crippen LogP contribution in [0.5, 0.6) is 5.75 Å². The molecule has 8 nitrogen and oxygen atoms in total. The van der Waals surface area contributed by atoms with Gasteiger partial charge in [0.1, 0.15) is 17.9 Å². The average molecular weight is 414 g/mol. The first-order chi connectivity index (χ1) is 15.2. The molecule has 0 atom stereocenters. The molecule has 2 aromatic carbocycles. The summed E-state index contributed by atoms with van der Waals surface area (Å²) in [5.74, 6) is 2.35. The van der Waals surface area contributed by atoms with Crippen LogP contribution in [0.15, 0.2) is 67.1 Å². The second kappa shape index (κ2) is 8.06. The number of carbonyl (C=O) groups excluding carboxylic acids is 1. The largest absolute Gasteiger partial charge is 0.497 e. The van der Waals surface area contributed by atoms with Gasteiger partial charge in [-0.1, -0.05) is 30.3 Å². The first kappa shape index (κ1) is 19.0. The maximum atomic E-state index is 12.8. The highest BCUT2D eigenvalue weighted by Gasteiger charge is 2.26. The van der Waals surface area contributed by atoms with Crippen molar-refractivity contribution in [2.24, 2.45) is 0 Å². The third-order valence-corrected chi connectivity index (χ3v) is 5.57. The maximum Gasteiger partial charge on any atom is 0.254 e. The van der Waals surface area contributed by atoms with Crippen molar-refractivity contribution in [3.63, 3.8) is 0 Å². The van der Waals surface area contributed by atoms with Gasteiger partial charge in [-0.2, -0.15) is 14.6 Å². The second-order valence-electron chi connectivity index (χ2n) is 7.34. The predicted octanol–water partition coefficient (Wildman–Crippen LogP) is 2.76. The van der Waals surface area contributed by atoms with Crippen molar-refractivity contribution in [3.8, 4) is 16.9 Å². The molecule has 0 saturated carbocycles.